The molecule has 0 aromatic heterocycles. The second-order valence-corrected chi connectivity index (χ2v) is 16.5. The Morgan fingerprint density at radius 1 is 0.981 bits per heavy atom. The predicted molar refractivity (Wildman–Crippen MR) is 206 cm³/mol. The highest BCUT2D eigenvalue weighted by atomic mass is 32.3. The second-order valence-electron chi connectivity index (χ2n) is 14.5. The smallest absolute Gasteiger partial charge is 0.355 e. The van der Waals surface area contributed by atoms with Crippen molar-refractivity contribution in [2.24, 2.45) is 5.92 Å². The molecule has 3 atom stereocenters. The fourth-order valence-corrected chi connectivity index (χ4v) is 8.17. The number of hydrogen-bond acceptors (Lipinski definition) is 9. The Bertz CT molecular complexity index is 1420. The summed E-state index contributed by atoms with van der Waals surface area (Å²) in [6.07, 6.45) is 20.7. The molecule has 11 nitrogen and oxygen atoms in total. The van der Waals surface area contributed by atoms with Crippen molar-refractivity contribution in [3.8, 4) is 0 Å². The molecule has 13 heteroatoms. The maximum absolute atomic E-state index is 12.4. The van der Waals surface area contributed by atoms with Crippen molar-refractivity contribution in [3.63, 3.8) is 0 Å². The van der Waals surface area contributed by atoms with Crippen molar-refractivity contribution in [2.75, 3.05) is 27.7 Å². The Morgan fingerprint density at radius 2 is 1.52 bits per heavy atom. The average Bonchev–Trinajstić information content (AvgIpc) is 3.40. The predicted octanol–water partition coefficient (Wildman–Crippen LogP) is 7.55. The molecule has 1 fully saturated rings. The number of β-lactam (4-membered cyclic amide) rings is 1. The molecule has 2 amide bonds. The second kappa shape index (κ2) is 23.9. The molecular weight excluding hydrogens is 703 g/mol. The van der Waals surface area contributed by atoms with Crippen LogP contribution in [0.3, 0.4) is 0 Å². The largest absolute Gasteiger partial charge is 0.726 e. The number of ether oxygens (including phenoxy) is 1. The number of hydrogen-bond donors (Lipinski definition) is 1. The SMILES string of the molecule is CCCCCCCCCCCCCCCC[N+](C)(C)Cc1ccccc1.COC(=O)C1=C(S/C=C/NC(C)=O)C[C@@H]2[C@H]([C@H](C)OS(=O)(=O)[O-])C(=O)N12. The number of thioether (sulfide) groups is 1. The minimum atomic E-state index is -4.95. The monoisotopic (exact) mass is 765 g/mol. The summed E-state index contributed by atoms with van der Waals surface area (Å²) in [5, 5.41) is 3.98. The Balaban J connectivity index is 0.000000360. The third-order valence-electron chi connectivity index (χ3n) is 9.46. The number of fused-ring (bicyclic) bond motifs is 1. The van der Waals surface area contributed by atoms with Crippen molar-refractivity contribution in [1.82, 2.24) is 10.2 Å². The van der Waals surface area contributed by atoms with Gasteiger partial charge in [-0.3, -0.25) is 13.8 Å². The van der Waals surface area contributed by atoms with E-state index in [0.29, 0.717) is 4.91 Å². The zero-order valence-corrected chi connectivity index (χ0v) is 33.9. The van der Waals surface area contributed by atoms with E-state index in [4.69, 9.17) is 4.74 Å². The van der Waals surface area contributed by atoms with Crippen LogP contribution in [0.15, 0.2) is 52.5 Å². The lowest BCUT2D eigenvalue weighted by Gasteiger charge is -2.45. The zero-order valence-electron chi connectivity index (χ0n) is 32.3. The van der Waals surface area contributed by atoms with Crippen LogP contribution in [0, 0.1) is 5.92 Å². The van der Waals surface area contributed by atoms with Crippen LogP contribution in [0.5, 0.6) is 0 Å². The number of nitrogens with zero attached hydrogens (tertiary/aromatic N) is 2. The van der Waals surface area contributed by atoms with E-state index in [0.717, 1.165) is 22.8 Å². The number of benzene rings is 1. The van der Waals surface area contributed by atoms with Crippen LogP contribution >= 0.6 is 11.8 Å². The van der Waals surface area contributed by atoms with Crippen molar-refractivity contribution in [3.05, 3.63) is 58.1 Å². The van der Waals surface area contributed by atoms with Crippen LogP contribution in [0.1, 0.15) is 123 Å². The highest BCUT2D eigenvalue weighted by Gasteiger charge is 2.57. The van der Waals surface area contributed by atoms with Gasteiger partial charge in [-0.25, -0.2) is 13.2 Å². The number of carbonyl (C=O) groups is 3. The summed E-state index contributed by atoms with van der Waals surface area (Å²) in [5.41, 5.74) is 1.52. The van der Waals surface area contributed by atoms with E-state index in [1.165, 1.54) is 139 Å². The Hall–Kier alpha value is -2.71. The molecule has 1 aromatic rings. The molecule has 2 aliphatic heterocycles. The number of methoxy groups -OCH3 is 1. The van der Waals surface area contributed by atoms with Gasteiger partial charge in [0.05, 0.1) is 45.8 Å². The molecule has 0 unspecified atom stereocenters. The highest BCUT2D eigenvalue weighted by molar-refractivity contribution is 8.05. The molecule has 294 valence electrons. The third kappa shape index (κ3) is 17.0. The van der Waals surface area contributed by atoms with Crippen molar-refractivity contribution in [1.29, 1.82) is 0 Å². The van der Waals surface area contributed by atoms with Crippen molar-refractivity contribution in [2.45, 2.75) is 136 Å². The molecule has 0 bridgehead atoms. The van der Waals surface area contributed by atoms with E-state index < -0.39 is 40.3 Å². The van der Waals surface area contributed by atoms with Gasteiger partial charge < -0.3 is 24.0 Å². The van der Waals surface area contributed by atoms with Gasteiger partial charge >= 0.3 is 5.97 Å². The quantitative estimate of drug-likeness (QED) is 0.0282. The van der Waals surface area contributed by atoms with Crippen LogP contribution < -0.4 is 5.32 Å². The van der Waals surface area contributed by atoms with E-state index >= 15 is 0 Å². The maximum atomic E-state index is 12.4. The first-order valence-electron chi connectivity index (χ1n) is 18.9. The first-order valence-corrected chi connectivity index (χ1v) is 21.2. The van der Waals surface area contributed by atoms with Crippen LogP contribution in [0.25, 0.3) is 0 Å². The Kier molecular flexibility index (Phi) is 20.8. The molecule has 0 saturated carbocycles. The lowest BCUT2D eigenvalue weighted by molar-refractivity contribution is -0.903. The number of carbonyl (C=O) groups excluding carboxylic acids is 3. The summed E-state index contributed by atoms with van der Waals surface area (Å²) >= 11 is 1.12. The fraction of sp³-hybridized carbons (Fsp3) is 0.667. The maximum Gasteiger partial charge on any atom is 0.355 e. The average molecular weight is 766 g/mol. The van der Waals surface area contributed by atoms with Gasteiger partial charge in [0.25, 0.3) is 0 Å². The number of nitrogens with one attached hydrogen (secondary N) is 1. The molecule has 52 heavy (non-hydrogen) atoms. The minimum Gasteiger partial charge on any atom is -0.726 e. The van der Waals surface area contributed by atoms with Crippen LogP contribution in [0.2, 0.25) is 0 Å². The van der Waals surface area contributed by atoms with Gasteiger partial charge in [0.2, 0.25) is 22.2 Å². The van der Waals surface area contributed by atoms with Gasteiger partial charge in [-0.05, 0) is 25.2 Å². The molecule has 3 rings (SSSR count). The van der Waals surface area contributed by atoms with Crippen LogP contribution in [-0.2, 0) is 40.2 Å². The molecule has 0 spiro atoms. The van der Waals surface area contributed by atoms with E-state index in [1.807, 2.05) is 0 Å². The van der Waals surface area contributed by atoms with E-state index in [1.54, 1.807) is 0 Å². The molecule has 0 aliphatic carbocycles. The van der Waals surface area contributed by atoms with Crippen molar-refractivity contribution < 1.29 is 40.8 Å². The lowest BCUT2D eigenvalue weighted by Crippen LogP contribution is -2.62. The van der Waals surface area contributed by atoms with Gasteiger partial charge in [-0.1, -0.05) is 126 Å². The minimum absolute atomic E-state index is 0.0633. The normalized spacial score (nSPS) is 17.8. The molecule has 1 aromatic carbocycles. The third-order valence-corrected chi connectivity index (χ3v) is 10.9. The van der Waals surface area contributed by atoms with Gasteiger partial charge in [-0.15, -0.1) is 0 Å². The summed E-state index contributed by atoms with van der Waals surface area (Å²) in [4.78, 5) is 37.0. The molecular formula is C39H63N3O8S2. The van der Waals surface area contributed by atoms with E-state index in [2.05, 4.69) is 60.9 Å². The van der Waals surface area contributed by atoms with Crippen LogP contribution in [-0.4, -0.2) is 80.0 Å². The first kappa shape index (κ1) is 45.4. The number of quaternary nitrogens is 1. The topological polar surface area (TPSA) is 142 Å². The molecule has 2 heterocycles. The van der Waals surface area contributed by atoms with E-state index in [9.17, 15) is 27.4 Å². The van der Waals surface area contributed by atoms with Gasteiger partial charge in [0, 0.05) is 30.0 Å². The summed E-state index contributed by atoms with van der Waals surface area (Å²) in [7, 11) is 0.964. The summed E-state index contributed by atoms with van der Waals surface area (Å²) in [5.74, 6) is -2.36. The highest BCUT2D eigenvalue weighted by Crippen LogP contribution is 2.48. The lowest BCUT2D eigenvalue weighted by atomic mass is 9.83. The molecule has 1 saturated heterocycles. The summed E-state index contributed by atoms with van der Waals surface area (Å²) < 4.78 is 42.5. The zero-order chi connectivity index (χ0) is 38.6. The first-order chi connectivity index (χ1) is 24.7. The van der Waals surface area contributed by atoms with Crippen molar-refractivity contribution >= 4 is 39.9 Å². The number of unbranched alkanes of at least 4 members (excludes halogenated alkanes) is 13. The van der Waals surface area contributed by atoms with Gasteiger partial charge in [0.15, 0.2) is 0 Å². The number of amides is 2. The summed E-state index contributed by atoms with van der Waals surface area (Å²) in [6, 6.07) is 10.4. The Morgan fingerprint density at radius 3 is 2.02 bits per heavy atom. The van der Waals surface area contributed by atoms with E-state index in [-0.39, 0.29) is 18.0 Å². The van der Waals surface area contributed by atoms with Gasteiger partial charge in [-0.2, -0.15) is 0 Å². The molecule has 0 radical (unpaired) electrons. The fourth-order valence-electron chi connectivity index (χ4n) is 6.81. The van der Waals surface area contributed by atoms with Crippen LogP contribution in [0.4, 0.5) is 0 Å². The number of rotatable bonds is 24. The Labute approximate surface area is 317 Å². The summed E-state index contributed by atoms with van der Waals surface area (Å²) in [6.45, 7) is 7.40. The molecule has 1 N–H and O–H groups in total. The standard InChI is InChI=1S/C25H46N.C14H18N2O8S2/c1-4-5-6-7-8-9-10-11-12-13-14-15-16-20-23-26(2,3)24-25-21-18-17-19-22-25;1-7(24-26(20,21)22)11-9-6-10(25-5-4-15-8(2)17)12(14(19)23-3)16(9)13(11)18/h17-19,21-22H,4-16,20,23-24H2,1-3H3;4-5,7,9,11H,6H2,1-3H3,(H,15,17)(H,20,21,22)/q+1;/p-1/b;5-4+/t;7-,9+,11-/m.0/s1. The number of esters is 1. The van der Waals surface area contributed by atoms with Gasteiger partial charge in [0.1, 0.15) is 12.2 Å². The molecule has 2 aliphatic rings.